The maximum Gasteiger partial charge on any atom is 0.201 e. The number of aromatic nitrogens is 3. The number of rotatable bonds is 3. The topological polar surface area (TPSA) is 66.0 Å². The minimum absolute atomic E-state index is 0.0506. The van der Waals surface area contributed by atoms with Gasteiger partial charge in [-0.15, -0.1) is 0 Å². The summed E-state index contributed by atoms with van der Waals surface area (Å²) in [4.78, 5) is 8.37. The van der Waals surface area contributed by atoms with Crippen molar-refractivity contribution in [3.05, 3.63) is 18.5 Å². The zero-order valence-electron chi connectivity index (χ0n) is 9.89. The predicted molar refractivity (Wildman–Crippen MR) is 65.5 cm³/mol. The van der Waals surface area contributed by atoms with E-state index in [1.165, 1.54) is 6.42 Å². The highest BCUT2D eigenvalue weighted by atomic mass is 16.5. The first-order chi connectivity index (χ1) is 8.24. The molecular weight excluding hydrogens is 216 g/mol. The SMILES string of the molecule is COC1(Cn2c(N)nc3cnccc32)CCC1. The van der Waals surface area contributed by atoms with Gasteiger partial charge in [0.2, 0.25) is 5.95 Å². The van der Waals surface area contributed by atoms with E-state index in [4.69, 9.17) is 10.5 Å². The van der Waals surface area contributed by atoms with Crippen molar-refractivity contribution in [3.63, 3.8) is 0 Å². The summed E-state index contributed by atoms with van der Waals surface area (Å²) in [6.45, 7) is 0.774. The minimum atomic E-state index is -0.0506. The Balaban J connectivity index is 2.02. The van der Waals surface area contributed by atoms with E-state index in [0.717, 1.165) is 30.4 Å². The first kappa shape index (κ1) is 10.5. The molecule has 0 radical (unpaired) electrons. The van der Waals surface area contributed by atoms with Crippen molar-refractivity contribution in [2.75, 3.05) is 12.8 Å². The Morgan fingerprint density at radius 3 is 3.00 bits per heavy atom. The third kappa shape index (κ3) is 1.58. The number of nitrogens with two attached hydrogens (primary N) is 1. The Labute approximate surface area is 99.6 Å². The van der Waals surface area contributed by atoms with Gasteiger partial charge in [-0.25, -0.2) is 4.98 Å². The number of hydrogen-bond acceptors (Lipinski definition) is 4. The van der Waals surface area contributed by atoms with Crippen LogP contribution < -0.4 is 5.73 Å². The van der Waals surface area contributed by atoms with Gasteiger partial charge in [-0.2, -0.15) is 0 Å². The normalized spacial score (nSPS) is 18.2. The fraction of sp³-hybridized carbons (Fsp3) is 0.500. The maximum absolute atomic E-state index is 5.96. The summed E-state index contributed by atoms with van der Waals surface area (Å²) >= 11 is 0. The van der Waals surface area contributed by atoms with Crippen molar-refractivity contribution in [1.82, 2.24) is 14.5 Å². The molecule has 2 aromatic rings. The van der Waals surface area contributed by atoms with Crippen molar-refractivity contribution >= 4 is 17.0 Å². The van der Waals surface area contributed by atoms with Crippen LogP contribution in [0.25, 0.3) is 11.0 Å². The monoisotopic (exact) mass is 232 g/mol. The average Bonchev–Trinajstić information content (AvgIpc) is 2.60. The van der Waals surface area contributed by atoms with Gasteiger partial charge in [0.05, 0.1) is 23.9 Å². The number of nitrogen functional groups attached to an aromatic ring is 1. The molecule has 0 bridgehead atoms. The summed E-state index contributed by atoms with van der Waals surface area (Å²) in [5.41, 5.74) is 7.78. The molecule has 1 fully saturated rings. The van der Waals surface area contributed by atoms with Gasteiger partial charge in [0.1, 0.15) is 5.52 Å². The minimum Gasteiger partial charge on any atom is -0.376 e. The first-order valence-corrected chi connectivity index (χ1v) is 5.85. The molecule has 0 unspecified atom stereocenters. The van der Waals surface area contributed by atoms with Crippen molar-refractivity contribution in [2.45, 2.75) is 31.4 Å². The van der Waals surface area contributed by atoms with Crippen LogP contribution in [0.5, 0.6) is 0 Å². The van der Waals surface area contributed by atoms with Crippen LogP contribution >= 0.6 is 0 Å². The smallest absolute Gasteiger partial charge is 0.201 e. The number of methoxy groups -OCH3 is 1. The Kier molecular flexibility index (Phi) is 2.29. The molecule has 5 heteroatoms. The van der Waals surface area contributed by atoms with Crippen LogP contribution in [-0.4, -0.2) is 27.2 Å². The van der Waals surface area contributed by atoms with Crippen LogP contribution in [0.3, 0.4) is 0 Å². The second kappa shape index (κ2) is 3.70. The lowest BCUT2D eigenvalue weighted by atomic mass is 9.80. The van der Waals surface area contributed by atoms with Crippen LogP contribution in [0.1, 0.15) is 19.3 Å². The van der Waals surface area contributed by atoms with Crippen LogP contribution in [0.4, 0.5) is 5.95 Å². The summed E-state index contributed by atoms with van der Waals surface area (Å²) in [7, 11) is 1.77. The summed E-state index contributed by atoms with van der Waals surface area (Å²) in [5.74, 6) is 0.538. The molecule has 2 heterocycles. The average molecular weight is 232 g/mol. The Morgan fingerprint density at radius 2 is 2.35 bits per heavy atom. The van der Waals surface area contributed by atoms with E-state index in [9.17, 15) is 0 Å². The standard InChI is InChI=1S/C12H16N4O/c1-17-12(4-2-5-12)8-16-10-3-6-14-7-9(10)15-11(16)13/h3,6-7H,2,4-5,8H2,1H3,(H2,13,15). The van der Waals surface area contributed by atoms with Crippen LogP contribution in [0, 0.1) is 0 Å². The zero-order chi connectivity index (χ0) is 11.9. The molecule has 0 spiro atoms. The molecule has 1 saturated carbocycles. The van der Waals surface area contributed by atoms with Gasteiger partial charge in [-0.05, 0) is 25.3 Å². The van der Waals surface area contributed by atoms with Gasteiger partial charge in [-0.1, -0.05) is 0 Å². The van der Waals surface area contributed by atoms with Crippen molar-refractivity contribution in [2.24, 2.45) is 0 Å². The molecule has 0 amide bonds. The molecule has 2 N–H and O–H groups in total. The lowest BCUT2D eigenvalue weighted by Gasteiger charge is -2.40. The molecule has 1 aliphatic carbocycles. The molecule has 0 atom stereocenters. The summed E-state index contributed by atoms with van der Waals surface area (Å²) in [6, 6.07) is 1.95. The van der Waals surface area contributed by atoms with Crippen molar-refractivity contribution in [3.8, 4) is 0 Å². The first-order valence-electron chi connectivity index (χ1n) is 5.85. The zero-order valence-corrected chi connectivity index (χ0v) is 9.89. The number of anilines is 1. The van der Waals surface area contributed by atoms with Gasteiger partial charge in [0.15, 0.2) is 0 Å². The lowest BCUT2D eigenvalue weighted by molar-refractivity contribution is -0.0824. The Bertz CT molecular complexity index is 539. The van der Waals surface area contributed by atoms with E-state index >= 15 is 0 Å². The number of pyridine rings is 1. The molecule has 1 aliphatic rings. The Morgan fingerprint density at radius 1 is 1.53 bits per heavy atom. The molecule has 2 aromatic heterocycles. The van der Waals surface area contributed by atoms with Gasteiger partial charge in [0.25, 0.3) is 0 Å². The Hall–Kier alpha value is -1.62. The third-order valence-corrected chi connectivity index (χ3v) is 3.72. The molecule has 90 valence electrons. The van der Waals surface area contributed by atoms with Crippen LogP contribution in [-0.2, 0) is 11.3 Å². The van der Waals surface area contributed by atoms with Gasteiger partial charge in [0, 0.05) is 13.3 Å². The third-order valence-electron chi connectivity index (χ3n) is 3.72. The number of nitrogens with zero attached hydrogens (tertiary/aromatic N) is 3. The fourth-order valence-electron chi connectivity index (χ4n) is 2.45. The highest BCUT2D eigenvalue weighted by Gasteiger charge is 2.38. The van der Waals surface area contributed by atoms with Crippen molar-refractivity contribution < 1.29 is 4.74 Å². The maximum atomic E-state index is 5.96. The van der Waals surface area contributed by atoms with E-state index in [0.29, 0.717) is 5.95 Å². The number of imidazole rings is 1. The highest BCUT2D eigenvalue weighted by Crippen LogP contribution is 2.37. The second-order valence-corrected chi connectivity index (χ2v) is 4.66. The molecular formula is C12H16N4O. The van der Waals surface area contributed by atoms with Crippen molar-refractivity contribution in [1.29, 1.82) is 0 Å². The van der Waals surface area contributed by atoms with Crippen LogP contribution in [0.2, 0.25) is 0 Å². The predicted octanol–water partition coefficient (Wildman–Crippen LogP) is 1.58. The van der Waals surface area contributed by atoms with Gasteiger partial charge < -0.3 is 15.0 Å². The summed E-state index contributed by atoms with van der Waals surface area (Å²) < 4.78 is 7.66. The van der Waals surface area contributed by atoms with E-state index in [1.807, 2.05) is 10.6 Å². The quantitative estimate of drug-likeness (QED) is 0.872. The number of hydrogen-bond donors (Lipinski definition) is 1. The van der Waals surface area contributed by atoms with Crippen LogP contribution in [0.15, 0.2) is 18.5 Å². The lowest BCUT2D eigenvalue weighted by Crippen LogP contribution is -2.43. The van der Waals surface area contributed by atoms with Gasteiger partial charge in [-0.3, -0.25) is 4.98 Å². The number of ether oxygens (including phenoxy) is 1. The molecule has 0 aliphatic heterocycles. The molecule has 0 saturated heterocycles. The van der Waals surface area contributed by atoms with Gasteiger partial charge >= 0.3 is 0 Å². The highest BCUT2D eigenvalue weighted by molar-refractivity contribution is 5.77. The van der Waals surface area contributed by atoms with E-state index < -0.39 is 0 Å². The second-order valence-electron chi connectivity index (χ2n) is 4.66. The molecule has 3 rings (SSSR count). The fourth-order valence-corrected chi connectivity index (χ4v) is 2.45. The number of fused-ring (bicyclic) bond motifs is 1. The summed E-state index contributed by atoms with van der Waals surface area (Å²) in [5, 5.41) is 0. The van der Waals surface area contributed by atoms with E-state index in [2.05, 4.69) is 9.97 Å². The van der Waals surface area contributed by atoms with E-state index in [1.54, 1.807) is 19.5 Å². The largest absolute Gasteiger partial charge is 0.376 e. The molecule has 5 nitrogen and oxygen atoms in total. The summed E-state index contributed by atoms with van der Waals surface area (Å²) in [6.07, 6.45) is 6.91. The molecule has 17 heavy (non-hydrogen) atoms. The van der Waals surface area contributed by atoms with E-state index in [-0.39, 0.29) is 5.60 Å². The molecule has 0 aromatic carbocycles.